The van der Waals surface area contributed by atoms with E-state index in [1.807, 2.05) is 0 Å². The molecule has 0 aliphatic carbocycles. The molecule has 9 heteroatoms. The molecule has 0 radical (unpaired) electrons. The van der Waals surface area contributed by atoms with Crippen LogP contribution in [0.4, 0.5) is 13.2 Å². The number of alkyl halides is 3. The van der Waals surface area contributed by atoms with Gasteiger partial charge in [0.15, 0.2) is 0 Å². The van der Waals surface area contributed by atoms with Crippen LogP contribution in [-0.2, 0) is 16.0 Å². The van der Waals surface area contributed by atoms with Gasteiger partial charge in [0, 0.05) is 17.8 Å². The van der Waals surface area contributed by atoms with Crippen molar-refractivity contribution in [1.82, 2.24) is 10.2 Å². The van der Waals surface area contributed by atoms with Gasteiger partial charge in [0.2, 0.25) is 11.8 Å². The Balaban J connectivity index is 1.84. The number of amides is 2. The number of nitrogens with one attached hydrogen (secondary N) is 1. The van der Waals surface area contributed by atoms with Crippen molar-refractivity contribution in [2.45, 2.75) is 25.1 Å². The van der Waals surface area contributed by atoms with Gasteiger partial charge in [-0.25, -0.2) is 0 Å². The lowest BCUT2D eigenvalue weighted by atomic mass is 10.2. The van der Waals surface area contributed by atoms with E-state index in [1.54, 1.807) is 12.1 Å². The van der Waals surface area contributed by atoms with Crippen LogP contribution in [0.5, 0.6) is 0 Å². The first-order chi connectivity index (χ1) is 9.73. The van der Waals surface area contributed by atoms with Gasteiger partial charge in [-0.3, -0.25) is 9.59 Å². The van der Waals surface area contributed by atoms with Crippen molar-refractivity contribution >= 4 is 34.8 Å². The van der Waals surface area contributed by atoms with Crippen molar-refractivity contribution in [3.8, 4) is 0 Å². The lowest BCUT2D eigenvalue weighted by Gasteiger charge is -2.18. The van der Waals surface area contributed by atoms with E-state index in [1.165, 1.54) is 11.3 Å². The van der Waals surface area contributed by atoms with Crippen LogP contribution in [0.3, 0.4) is 0 Å². The van der Waals surface area contributed by atoms with Gasteiger partial charge in [0.1, 0.15) is 6.54 Å². The van der Waals surface area contributed by atoms with E-state index in [4.69, 9.17) is 11.6 Å². The number of carbonyl (C=O) groups is 2. The summed E-state index contributed by atoms with van der Waals surface area (Å²) in [7, 11) is 0. The fourth-order valence-electron chi connectivity index (χ4n) is 2.12. The van der Waals surface area contributed by atoms with Crippen molar-refractivity contribution in [3.05, 3.63) is 21.3 Å². The van der Waals surface area contributed by atoms with E-state index < -0.39 is 24.7 Å². The Morgan fingerprint density at radius 2 is 2.19 bits per heavy atom. The summed E-state index contributed by atoms with van der Waals surface area (Å²) in [6.45, 7) is -1.39. The number of thiophene rings is 1. The van der Waals surface area contributed by atoms with Gasteiger partial charge < -0.3 is 10.2 Å². The fraction of sp³-hybridized carbons (Fsp3) is 0.500. The highest BCUT2D eigenvalue weighted by Gasteiger charge is 2.38. The molecule has 1 atom stereocenters. The highest BCUT2D eigenvalue weighted by Crippen LogP contribution is 2.23. The monoisotopic (exact) mass is 340 g/mol. The van der Waals surface area contributed by atoms with Crippen molar-refractivity contribution in [2.24, 2.45) is 0 Å². The Morgan fingerprint density at radius 1 is 1.48 bits per heavy atom. The molecular weight excluding hydrogens is 329 g/mol. The molecule has 2 amide bonds. The van der Waals surface area contributed by atoms with Crippen molar-refractivity contribution in [3.63, 3.8) is 0 Å². The second-order valence-electron chi connectivity index (χ2n) is 4.74. The third-order valence-electron chi connectivity index (χ3n) is 2.91. The molecule has 1 aromatic rings. The molecule has 1 aromatic heterocycles. The van der Waals surface area contributed by atoms with Crippen LogP contribution in [0.1, 0.15) is 11.3 Å². The Kier molecular flexibility index (Phi) is 4.77. The van der Waals surface area contributed by atoms with E-state index in [9.17, 15) is 22.8 Å². The first-order valence-corrected chi connectivity index (χ1v) is 7.30. The Bertz CT molecular complexity index is 547. The number of rotatable bonds is 4. The molecule has 1 aliphatic heterocycles. The van der Waals surface area contributed by atoms with Crippen LogP contribution in [0.15, 0.2) is 12.1 Å². The lowest BCUT2D eigenvalue weighted by Crippen LogP contribution is -2.40. The number of nitrogens with zero attached hydrogens (tertiary/aromatic N) is 1. The highest BCUT2D eigenvalue weighted by atomic mass is 35.5. The van der Waals surface area contributed by atoms with E-state index in [0.29, 0.717) is 9.24 Å². The summed E-state index contributed by atoms with van der Waals surface area (Å²) >= 11 is 7.00. The topological polar surface area (TPSA) is 49.4 Å². The van der Waals surface area contributed by atoms with Crippen molar-refractivity contribution < 1.29 is 22.8 Å². The minimum absolute atomic E-state index is 0.0986. The molecule has 2 heterocycles. The molecule has 1 fully saturated rings. The molecule has 0 bridgehead atoms. The summed E-state index contributed by atoms with van der Waals surface area (Å²) in [5.74, 6) is -0.933. The zero-order valence-corrected chi connectivity index (χ0v) is 12.3. The molecule has 1 aliphatic rings. The predicted octanol–water partition coefficient (Wildman–Crippen LogP) is 2.22. The first-order valence-electron chi connectivity index (χ1n) is 6.11. The SMILES string of the molecule is O=C(Cc1ccc(Cl)s1)N[C@@H]1CC(=O)N(CC(F)(F)F)C1. The van der Waals surface area contributed by atoms with Gasteiger partial charge in [-0.2, -0.15) is 13.2 Å². The van der Waals surface area contributed by atoms with Crippen LogP contribution >= 0.6 is 22.9 Å². The minimum Gasteiger partial charge on any atom is -0.351 e. The maximum absolute atomic E-state index is 12.3. The zero-order valence-electron chi connectivity index (χ0n) is 10.7. The molecular formula is C12H12ClF3N2O2S. The second-order valence-corrected chi connectivity index (χ2v) is 6.54. The number of hydrogen-bond acceptors (Lipinski definition) is 3. The molecule has 21 heavy (non-hydrogen) atoms. The zero-order chi connectivity index (χ0) is 15.6. The van der Waals surface area contributed by atoms with Crippen molar-refractivity contribution in [2.75, 3.05) is 13.1 Å². The molecule has 0 saturated carbocycles. The largest absolute Gasteiger partial charge is 0.406 e. The van der Waals surface area contributed by atoms with Gasteiger partial charge in [-0.15, -0.1) is 11.3 Å². The van der Waals surface area contributed by atoms with Crippen LogP contribution in [0, 0.1) is 0 Å². The quantitative estimate of drug-likeness (QED) is 0.913. The summed E-state index contributed by atoms with van der Waals surface area (Å²) in [6, 6.07) is 2.80. The van der Waals surface area contributed by atoms with E-state index in [0.717, 1.165) is 4.88 Å². The number of likely N-dealkylation sites (tertiary alicyclic amines) is 1. The smallest absolute Gasteiger partial charge is 0.351 e. The van der Waals surface area contributed by atoms with Gasteiger partial charge in [-0.05, 0) is 12.1 Å². The summed E-state index contributed by atoms with van der Waals surface area (Å²) < 4.78 is 37.4. The Hall–Kier alpha value is -1.28. The molecule has 116 valence electrons. The van der Waals surface area contributed by atoms with Crippen molar-refractivity contribution in [1.29, 1.82) is 0 Å². The number of halogens is 4. The van der Waals surface area contributed by atoms with Crippen LogP contribution in [0.2, 0.25) is 4.34 Å². The maximum atomic E-state index is 12.3. The third kappa shape index (κ3) is 4.89. The lowest BCUT2D eigenvalue weighted by molar-refractivity contribution is -0.157. The summed E-state index contributed by atoms with van der Waals surface area (Å²) in [5, 5.41) is 2.58. The van der Waals surface area contributed by atoms with Crippen LogP contribution < -0.4 is 5.32 Å². The molecule has 2 rings (SSSR count). The van der Waals surface area contributed by atoms with E-state index in [-0.39, 0.29) is 25.3 Å². The van der Waals surface area contributed by atoms with Gasteiger partial charge in [0.25, 0.3) is 0 Å². The van der Waals surface area contributed by atoms with E-state index >= 15 is 0 Å². The molecule has 0 spiro atoms. The van der Waals surface area contributed by atoms with Crippen LogP contribution in [-0.4, -0.2) is 42.0 Å². The summed E-state index contributed by atoms with van der Waals surface area (Å²) in [4.78, 5) is 24.7. The normalized spacial score (nSPS) is 19.1. The predicted molar refractivity (Wildman–Crippen MR) is 72.2 cm³/mol. The highest BCUT2D eigenvalue weighted by molar-refractivity contribution is 7.16. The molecule has 1 N–H and O–H groups in total. The second kappa shape index (κ2) is 6.23. The molecule has 0 aromatic carbocycles. The maximum Gasteiger partial charge on any atom is 0.406 e. The Labute approximate surface area is 127 Å². The average molecular weight is 341 g/mol. The first kappa shape index (κ1) is 16.1. The Morgan fingerprint density at radius 3 is 2.76 bits per heavy atom. The van der Waals surface area contributed by atoms with Crippen LogP contribution in [0.25, 0.3) is 0 Å². The fourth-order valence-corrected chi connectivity index (χ4v) is 3.21. The standard InChI is InChI=1S/C12H12ClF3N2O2S/c13-9-2-1-8(21-9)4-10(19)17-7-3-11(20)18(5-7)6-12(14,15)16/h1-2,7H,3-6H2,(H,17,19)/t7-/m1/s1. The van der Waals surface area contributed by atoms with Gasteiger partial charge in [0.05, 0.1) is 16.8 Å². The third-order valence-corrected chi connectivity index (χ3v) is 4.14. The van der Waals surface area contributed by atoms with Gasteiger partial charge in [-0.1, -0.05) is 11.6 Å². The van der Waals surface area contributed by atoms with Gasteiger partial charge >= 0.3 is 6.18 Å². The summed E-state index contributed by atoms with van der Waals surface area (Å²) in [6.07, 6.45) is -4.43. The number of carbonyl (C=O) groups excluding carboxylic acids is 2. The molecule has 0 unspecified atom stereocenters. The minimum atomic E-state index is -4.43. The average Bonchev–Trinajstić information content (AvgIpc) is 2.84. The van der Waals surface area contributed by atoms with E-state index in [2.05, 4.69) is 5.32 Å². The molecule has 1 saturated heterocycles. The number of hydrogen-bond donors (Lipinski definition) is 1. The molecule has 4 nitrogen and oxygen atoms in total. The summed E-state index contributed by atoms with van der Waals surface area (Å²) in [5.41, 5.74) is 0.